The number of hydrogen-bond acceptors (Lipinski definition) is 2. The molecule has 0 aromatic heterocycles. The Morgan fingerprint density at radius 1 is 0.950 bits per heavy atom. The molecule has 1 amide bonds. The van der Waals surface area contributed by atoms with E-state index in [2.05, 4.69) is 29.7 Å². The van der Waals surface area contributed by atoms with Gasteiger partial charge in [0.05, 0.1) is 5.92 Å². The summed E-state index contributed by atoms with van der Waals surface area (Å²) in [5.41, 5.74) is 6.15. The normalized spacial score (nSPS) is 12.2. The Morgan fingerprint density at radius 3 is 2.05 bits per heavy atom. The maximum atomic E-state index is 12.0. The summed E-state index contributed by atoms with van der Waals surface area (Å²) in [6.45, 7) is 1.91. The first kappa shape index (κ1) is 14.3. The van der Waals surface area contributed by atoms with Crippen LogP contribution in [0.4, 0.5) is 0 Å². The van der Waals surface area contributed by atoms with Crippen LogP contribution in [-0.4, -0.2) is 25.0 Å². The minimum atomic E-state index is -0.165. The second kappa shape index (κ2) is 6.35. The summed E-state index contributed by atoms with van der Waals surface area (Å²) in [4.78, 5) is 12.0. The average molecular weight is 268 g/mol. The SMILES string of the molecule is CC(C(=O)NN(C)C)c1ccc(-c2ccccc2)cc1. The number of nitrogens with zero attached hydrogens (tertiary/aromatic N) is 1. The minimum Gasteiger partial charge on any atom is -0.289 e. The Balaban J connectivity index is 2.14. The molecule has 1 N–H and O–H groups in total. The number of carbonyl (C=O) groups excluding carboxylic acids is 1. The van der Waals surface area contributed by atoms with Gasteiger partial charge < -0.3 is 0 Å². The summed E-state index contributed by atoms with van der Waals surface area (Å²) in [6, 6.07) is 18.4. The molecule has 0 aliphatic carbocycles. The summed E-state index contributed by atoms with van der Waals surface area (Å²) in [5, 5.41) is 1.66. The van der Waals surface area contributed by atoms with Crippen molar-refractivity contribution >= 4 is 5.91 Å². The van der Waals surface area contributed by atoms with E-state index in [-0.39, 0.29) is 11.8 Å². The van der Waals surface area contributed by atoms with Gasteiger partial charge in [0.2, 0.25) is 5.91 Å². The molecule has 0 spiro atoms. The van der Waals surface area contributed by atoms with E-state index in [0.29, 0.717) is 0 Å². The number of hydrazine groups is 1. The van der Waals surface area contributed by atoms with Gasteiger partial charge in [0.1, 0.15) is 0 Å². The first-order chi connectivity index (χ1) is 9.58. The highest BCUT2D eigenvalue weighted by Gasteiger charge is 2.15. The molecule has 2 aromatic carbocycles. The summed E-state index contributed by atoms with van der Waals surface area (Å²) < 4.78 is 0. The third kappa shape index (κ3) is 3.45. The molecule has 0 fully saturated rings. The number of amides is 1. The van der Waals surface area contributed by atoms with E-state index in [4.69, 9.17) is 0 Å². The number of carbonyl (C=O) groups is 1. The lowest BCUT2D eigenvalue weighted by molar-refractivity contribution is -0.125. The van der Waals surface area contributed by atoms with Crippen LogP contribution in [0.3, 0.4) is 0 Å². The van der Waals surface area contributed by atoms with Crippen molar-refractivity contribution in [2.24, 2.45) is 0 Å². The monoisotopic (exact) mass is 268 g/mol. The van der Waals surface area contributed by atoms with Gasteiger partial charge in [-0.25, -0.2) is 5.01 Å². The molecular formula is C17H20N2O. The standard InChI is InChI=1S/C17H20N2O/c1-13(17(20)18-19(2)3)14-9-11-16(12-10-14)15-7-5-4-6-8-15/h4-13H,1-3H3,(H,18,20). The Kier molecular flexibility index (Phi) is 4.53. The van der Waals surface area contributed by atoms with Gasteiger partial charge in [0, 0.05) is 14.1 Å². The van der Waals surface area contributed by atoms with Gasteiger partial charge >= 0.3 is 0 Å². The van der Waals surface area contributed by atoms with E-state index in [1.54, 1.807) is 5.01 Å². The van der Waals surface area contributed by atoms with Crippen LogP contribution in [0.15, 0.2) is 54.6 Å². The maximum Gasteiger partial charge on any atom is 0.241 e. The van der Waals surface area contributed by atoms with Crippen molar-refractivity contribution in [1.29, 1.82) is 0 Å². The first-order valence-corrected chi connectivity index (χ1v) is 6.71. The Morgan fingerprint density at radius 2 is 1.50 bits per heavy atom. The number of hydrogen-bond donors (Lipinski definition) is 1. The molecule has 1 unspecified atom stereocenters. The van der Waals surface area contributed by atoms with Gasteiger partial charge in [0.25, 0.3) is 0 Å². The second-order valence-electron chi connectivity index (χ2n) is 5.08. The molecule has 2 rings (SSSR count). The van der Waals surface area contributed by atoms with E-state index in [1.807, 2.05) is 51.4 Å². The predicted octanol–water partition coefficient (Wildman–Crippen LogP) is 3.05. The predicted molar refractivity (Wildman–Crippen MR) is 82.1 cm³/mol. The highest BCUT2D eigenvalue weighted by Crippen LogP contribution is 2.22. The summed E-state index contributed by atoms with van der Waals surface area (Å²) in [6.07, 6.45) is 0. The zero-order valence-electron chi connectivity index (χ0n) is 12.1. The fraction of sp³-hybridized carbons (Fsp3) is 0.235. The lowest BCUT2D eigenvalue weighted by atomic mass is 9.97. The van der Waals surface area contributed by atoms with Crippen molar-refractivity contribution < 1.29 is 4.79 Å². The summed E-state index contributed by atoms with van der Waals surface area (Å²) in [5.74, 6) is -0.162. The van der Waals surface area contributed by atoms with Crippen LogP contribution < -0.4 is 5.43 Å². The van der Waals surface area contributed by atoms with Crippen molar-refractivity contribution in [1.82, 2.24) is 10.4 Å². The zero-order chi connectivity index (χ0) is 14.5. The minimum absolute atomic E-state index is 0.00228. The smallest absolute Gasteiger partial charge is 0.241 e. The third-order valence-corrected chi connectivity index (χ3v) is 3.24. The maximum absolute atomic E-state index is 12.0. The molecule has 2 aromatic rings. The largest absolute Gasteiger partial charge is 0.289 e. The molecule has 0 saturated carbocycles. The van der Waals surface area contributed by atoms with Gasteiger partial charge in [-0.1, -0.05) is 54.6 Å². The molecule has 1 atom stereocenters. The molecule has 0 saturated heterocycles. The molecule has 0 heterocycles. The van der Waals surface area contributed by atoms with E-state index >= 15 is 0 Å². The van der Waals surface area contributed by atoms with Crippen molar-refractivity contribution in [3.63, 3.8) is 0 Å². The van der Waals surface area contributed by atoms with Gasteiger partial charge in [-0.15, -0.1) is 0 Å². The van der Waals surface area contributed by atoms with Crippen LogP contribution in [0.25, 0.3) is 11.1 Å². The van der Waals surface area contributed by atoms with E-state index < -0.39 is 0 Å². The van der Waals surface area contributed by atoms with Gasteiger partial charge in [-0.2, -0.15) is 0 Å². The van der Waals surface area contributed by atoms with Crippen LogP contribution in [-0.2, 0) is 4.79 Å². The van der Waals surface area contributed by atoms with Crippen LogP contribution in [0.2, 0.25) is 0 Å². The molecule has 0 aliphatic heterocycles. The van der Waals surface area contributed by atoms with E-state index in [0.717, 1.165) is 11.1 Å². The second-order valence-corrected chi connectivity index (χ2v) is 5.08. The fourth-order valence-corrected chi connectivity index (χ4v) is 2.06. The van der Waals surface area contributed by atoms with E-state index in [9.17, 15) is 4.79 Å². The van der Waals surface area contributed by atoms with Gasteiger partial charge in [0.15, 0.2) is 0 Å². The lowest BCUT2D eigenvalue weighted by Crippen LogP contribution is -2.38. The Hall–Kier alpha value is -2.13. The number of rotatable bonds is 4. The molecule has 0 bridgehead atoms. The average Bonchev–Trinajstić information content (AvgIpc) is 2.47. The van der Waals surface area contributed by atoms with Crippen LogP contribution in [0.5, 0.6) is 0 Å². The van der Waals surface area contributed by atoms with Crippen molar-refractivity contribution in [3.8, 4) is 11.1 Å². The highest BCUT2D eigenvalue weighted by atomic mass is 16.2. The Labute approximate surface area is 120 Å². The summed E-state index contributed by atoms with van der Waals surface area (Å²) >= 11 is 0. The van der Waals surface area contributed by atoms with Crippen LogP contribution in [0.1, 0.15) is 18.4 Å². The van der Waals surface area contributed by atoms with Gasteiger partial charge in [-0.3, -0.25) is 10.2 Å². The lowest BCUT2D eigenvalue weighted by Gasteiger charge is -2.17. The first-order valence-electron chi connectivity index (χ1n) is 6.71. The van der Waals surface area contributed by atoms with Crippen molar-refractivity contribution in [3.05, 3.63) is 60.2 Å². The number of nitrogens with one attached hydrogen (secondary N) is 1. The van der Waals surface area contributed by atoms with Crippen LogP contribution >= 0.6 is 0 Å². The highest BCUT2D eigenvalue weighted by molar-refractivity contribution is 5.83. The van der Waals surface area contributed by atoms with E-state index in [1.165, 1.54) is 5.56 Å². The summed E-state index contributed by atoms with van der Waals surface area (Å²) in [7, 11) is 3.62. The van der Waals surface area contributed by atoms with Crippen molar-refractivity contribution in [2.45, 2.75) is 12.8 Å². The molecule has 3 nitrogen and oxygen atoms in total. The molecule has 20 heavy (non-hydrogen) atoms. The Bertz CT molecular complexity index is 561. The fourth-order valence-electron chi connectivity index (χ4n) is 2.06. The molecule has 104 valence electrons. The van der Waals surface area contributed by atoms with Crippen molar-refractivity contribution in [2.75, 3.05) is 14.1 Å². The topological polar surface area (TPSA) is 32.3 Å². The molecule has 3 heteroatoms. The van der Waals surface area contributed by atoms with Crippen LogP contribution in [0, 0.1) is 0 Å². The molecular weight excluding hydrogens is 248 g/mol. The molecule has 0 radical (unpaired) electrons. The third-order valence-electron chi connectivity index (χ3n) is 3.24. The quantitative estimate of drug-likeness (QED) is 0.864. The number of benzene rings is 2. The van der Waals surface area contributed by atoms with Gasteiger partial charge in [-0.05, 0) is 23.6 Å². The zero-order valence-corrected chi connectivity index (χ0v) is 12.1. The molecule has 0 aliphatic rings.